The van der Waals surface area contributed by atoms with Gasteiger partial charge in [-0.15, -0.1) is 10.2 Å². The first-order chi connectivity index (χ1) is 11.2. The maximum atomic E-state index is 6.12. The maximum absolute atomic E-state index is 6.12. The first kappa shape index (κ1) is 14.7. The van der Waals surface area contributed by atoms with Crippen LogP contribution in [-0.4, -0.2) is 29.5 Å². The summed E-state index contributed by atoms with van der Waals surface area (Å²) in [6.45, 7) is 0. The Morgan fingerprint density at radius 1 is 1.35 bits per heavy atom. The molecule has 6 nitrogen and oxygen atoms in total. The normalized spacial score (nSPS) is 14.3. The number of aromatic nitrogens is 6. The van der Waals surface area contributed by atoms with Gasteiger partial charge in [-0.25, -0.2) is 9.67 Å². The van der Waals surface area contributed by atoms with Crippen LogP contribution in [0.5, 0.6) is 0 Å². The number of hydrogen-bond donors (Lipinski definition) is 0. The summed E-state index contributed by atoms with van der Waals surface area (Å²) in [5.41, 5.74) is 0.936. The van der Waals surface area contributed by atoms with E-state index in [1.165, 1.54) is 12.8 Å². The lowest BCUT2D eigenvalue weighted by atomic mass is 10.3. The van der Waals surface area contributed by atoms with Crippen molar-refractivity contribution >= 4 is 23.4 Å². The second-order valence-corrected chi connectivity index (χ2v) is 6.94. The molecule has 0 unspecified atom stereocenters. The van der Waals surface area contributed by atoms with Crippen LogP contribution in [0, 0.1) is 0 Å². The number of hydrogen-bond acceptors (Lipinski definition) is 5. The molecule has 0 aliphatic heterocycles. The molecule has 1 fully saturated rings. The molecule has 0 N–H and O–H groups in total. The molecule has 2 heterocycles. The van der Waals surface area contributed by atoms with E-state index in [1.54, 1.807) is 18.1 Å². The van der Waals surface area contributed by atoms with E-state index in [0.717, 1.165) is 22.5 Å². The van der Waals surface area contributed by atoms with Gasteiger partial charge in [0.1, 0.15) is 12.2 Å². The van der Waals surface area contributed by atoms with Gasteiger partial charge in [0, 0.05) is 18.0 Å². The van der Waals surface area contributed by atoms with Crippen LogP contribution < -0.4 is 0 Å². The monoisotopic (exact) mass is 346 g/mol. The van der Waals surface area contributed by atoms with Gasteiger partial charge in [0.15, 0.2) is 11.0 Å². The molecule has 0 amide bonds. The van der Waals surface area contributed by atoms with Crippen molar-refractivity contribution < 1.29 is 0 Å². The third kappa shape index (κ3) is 3.11. The minimum atomic E-state index is 0.508. The third-order valence-corrected chi connectivity index (χ3v) is 4.95. The van der Waals surface area contributed by atoms with Gasteiger partial charge in [-0.05, 0) is 31.0 Å². The van der Waals surface area contributed by atoms with Crippen molar-refractivity contribution in [3.63, 3.8) is 0 Å². The summed E-state index contributed by atoms with van der Waals surface area (Å²) in [5.74, 6) is 3.02. The highest BCUT2D eigenvalue weighted by Crippen LogP contribution is 2.38. The van der Waals surface area contributed by atoms with Crippen molar-refractivity contribution in [2.45, 2.75) is 29.7 Å². The largest absolute Gasteiger partial charge is 0.312 e. The van der Waals surface area contributed by atoms with Crippen LogP contribution in [-0.2, 0) is 12.8 Å². The van der Waals surface area contributed by atoms with Crippen LogP contribution in [0.2, 0.25) is 5.02 Å². The highest BCUT2D eigenvalue weighted by Gasteiger charge is 2.29. The molecule has 0 bridgehead atoms. The number of nitrogens with zero attached hydrogens (tertiary/aromatic N) is 6. The van der Waals surface area contributed by atoms with Gasteiger partial charge >= 0.3 is 0 Å². The Kier molecular flexibility index (Phi) is 3.82. The second-order valence-electron chi connectivity index (χ2n) is 5.57. The van der Waals surface area contributed by atoms with Crippen molar-refractivity contribution in [2.24, 2.45) is 7.05 Å². The van der Waals surface area contributed by atoms with Crippen molar-refractivity contribution in [1.29, 1.82) is 0 Å². The zero-order valence-corrected chi connectivity index (χ0v) is 14.1. The van der Waals surface area contributed by atoms with E-state index in [2.05, 4.69) is 10.2 Å². The minimum Gasteiger partial charge on any atom is -0.312 e. The lowest BCUT2D eigenvalue weighted by Gasteiger charge is -2.06. The Bertz CT molecular complexity index is 838. The molecular weight excluding hydrogens is 332 g/mol. The van der Waals surface area contributed by atoms with Crippen molar-refractivity contribution in [1.82, 2.24) is 29.5 Å². The molecule has 23 heavy (non-hydrogen) atoms. The van der Waals surface area contributed by atoms with Gasteiger partial charge in [0.05, 0.1) is 11.4 Å². The first-order valence-electron chi connectivity index (χ1n) is 7.39. The van der Waals surface area contributed by atoms with Gasteiger partial charge in [-0.2, -0.15) is 5.10 Å². The Balaban J connectivity index is 1.65. The summed E-state index contributed by atoms with van der Waals surface area (Å²) in [5, 5.41) is 14.2. The second kappa shape index (κ2) is 5.98. The molecule has 0 radical (unpaired) electrons. The Labute approximate surface area is 142 Å². The van der Waals surface area contributed by atoms with E-state index in [9.17, 15) is 0 Å². The van der Waals surface area contributed by atoms with Crippen LogP contribution in [0.4, 0.5) is 0 Å². The first-order valence-corrected chi connectivity index (χ1v) is 8.75. The topological polar surface area (TPSA) is 61.4 Å². The Morgan fingerprint density at radius 2 is 2.22 bits per heavy atom. The highest BCUT2D eigenvalue weighted by molar-refractivity contribution is 7.98. The Hall–Kier alpha value is -1.86. The predicted molar refractivity (Wildman–Crippen MR) is 88.9 cm³/mol. The fourth-order valence-corrected chi connectivity index (χ4v) is 3.30. The van der Waals surface area contributed by atoms with Gasteiger partial charge < -0.3 is 4.57 Å². The van der Waals surface area contributed by atoms with E-state index in [-0.39, 0.29) is 0 Å². The van der Waals surface area contributed by atoms with E-state index >= 15 is 0 Å². The molecule has 8 heteroatoms. The number of thioether (sulfide) groups is 1. The summed E-state index contributed by atoms with van der Waals surface area (Å²) < 4.78 is 3.79. The molecule has 1 saturated carbocycles. The molecular formula is C15H15ClN6S. The quantitative estimate of drug-likeness (QED) is 0.664. The average Bonchev–Trinajstić information content (AvgIpc) is 3.18. The molecule has 2 aromatic heterocycles. The van der Waals surface area contributed by atoms with Crippen LogP contribution in [0.3, 0.4) is 0 Å². The number of rotatable bonds is 5. The van der Waals surface area contributed by atoms with Gasteiger partial charge in [0.2, 0.25) is 0 Å². The highest BCUT2D eigenvalue weighted by atomic mass is 35.5. The van der Waals surface area contributed by atoms with Crippen LogP contribution in [0.1, 0.15) is 30.4 Å². The third-order valence-electron chi connectivity index (χ3n) is 3.69. The molecule has 118 valence electrons. The lowest BCUT2D eigenvalue weighted by molar-refractivity contribution is 0.783. The van der Waals surface area contributed by atoms with Crippen LogP contribution >= 0.6 is 23.4 Å². The molecule has 4 rings (SSSR count). The van der Waals surface area contributed by atoms with Gasteiger partial charge in [-0.1, -0.05) is 29.4 Å². The summed E-state index contributed by atoms with van der Waals surface area (Å²) in [6, 6.07) is 7.69. The molecule has 0 spiro atoms. The van der Waals surface area contributed by atoms with E-state index in [1.807, 2.05) is 40.6 Å². The summed E-state index contributed by atoms with van der Waals surface area (Å²) in [7, 11) is 1.93. The smallest absolute Gasteiger partial charge is 0.191 e. The molecule has 0 atom stereocenters. The lowest BCUT2D eigenvalue weighted by Crippen LogP contribution is -2.02. The van der Waals surface area contributed by atoms with Crippen molar-refractivity contribution in [2.75, 3.05) is 0 Å². The average molecular weight is 347 g/mol. The Morgan fingerprint density at radius 3 is 2.91 bits per heavy atom. The van der Waals surface area contributed by atoms with Crippen molar-refractivity contribution in [3.05, 3.63) is 47.3 Å². The minimum absolute atomic E-state index is 0.508. The number of halogens is 1. The molecule has 3 aromatic rings. The van der Waals surface area contributed by atoms with Crippen LogP contribution in [0.25, 0.3) is 5.69 Å². The summed E-state index contributed by atoms with van der Waals surface area (Å²) >= 11 is 7.72. The molecule has 1 aliphatic rings. The van der Waals surface area contributed by atoms with E-state index < -0.39 is 0 Å². The zero-order valence-electron chi connectivity index (χ0n) is 12.6. The predicted octanol–water partition coefficient (Wildman–Crippen LogP) is 3.22. The number of benzene rings is 1. The number of aryl methyl sites for hydroxylation is 1. The van der Waals surface area contributed by atoms with E-state index in [0.29, 0.717) is 16.7 Å². The van der Waals surface area contributed by atoms with Crippen LogP contribution in [0.15, 0.2) is 35.7 Å². The summed E-state index contributed by atoms with van der Waals surface area (Å²) in [4.78, 5) is 4.74. The SMILES string of the molecule is Cn1cnnc1SCc1nc(C2CC2)nn1-c1cccc(Cl)c1. The molecule has 1 aromatic carbocycles. The molecule has 1 aliphatic carbocycles. The van der Waals surface area contributed by atoms with Gasteiger partial charge in [0.25, 0.3) is 0 Å². The molecule has 0 saturated heterocycles. The summed E-state index contributed by atoms with van der Waals surface area (Å²) in [6.07, 6.45) is 4.05. The zero-order chi connectivity index (χ0) is 15.8. The van der Waals surface area contributed by atoms with Crippen molar-refractivity contribution in [3.8, 4) is 5.69 Å². The fourth-order valence-electron chi connectivity index (χ4n) is 2.32. The van der Waals surface area contributed by atoms with E-state index in [4.69, 9.17) is 21.7 Å². The standard InChI is InChI=1S/C15H15ClN6S/c1-21-9-17-19-15(21)23-8-13-18-14(10-5-6-10)20-22(13)12-4-2-3-11(16)7-12/h2-4,7,9-10H,5-6,8H2,1H3. The fraction of sp³-hybridized carbons (Fsp3) is 0.333. The van der Waals surface area contributed by atoms with Gasteiger partial charge in [-0.3, -0.25) is 0 Å². The maximum Gasteiger partial charge on any atom is 0.191 e.